The minimum atomic E-state index is -2.85. The molecule has 96 valence electrons. The monoisotopic (exact) mass is 275 g/mol. The van der Waals surface area contributed by atoms with Gasteiger partial charge in [0.2, 0.25) is 0 Å². The Bertz CT molecular complexity index is 483. The van der Waals surface area contributed by atoms with Crippen molar-refractivity contribution in [1.82, 2.24) is 10.3 Å². The van der Waals surface area contributed by atoms with Crippen LogP contribution in [0.5, 0.6) is 0 Å². The third kappa shape index (κ3) is 2.97. The third-order valence-corrected chi connectivity index (χ3v) is 5.54. The van der Waals surface area contributed by atoms with Crippen molar-refractivity contribution < 1.29 is 8.42 Å². The molecule has 0 bridgehead atoms. The summed E-state index contributed by atoms with van der Waals surface area (Å²) in [6, 6.07) is 0.0161. The van der Waals surface area contributed by atoms with E-state index in [1.165, 1.54) is 0 Å². The number of thiazole rings is 1. The van der Waals surface area contributed by atoms with E-state index in [-0.39, 0.29) is 17.5 Å². The maximum Gasteiger partial charge on any atom is 0.185 e. The van der Waals surface area contributed by atoms with Crippen LogP contribution in [0.4, 0.5) is 5.13 Å². The first-order chi connectivity index (χ1) is 8.02. The average Bonchev–Trinajstić information content (AvgIpc) is 2.65. The van der Waals surface area contributed by atoms with E-state index in [1.807, 2.05) is 19.4 Å². The highest BCUT2D eigenvalue weighted by atomic mass is 32.2. The minimum Gasteiger partial charge on any atom is -0.343 e. The zero-order valence-corrected chi connectivity index (χ0v) is 11.6. The molecule has 2 rings (SSSR count). The molecule has 1 N–H and O–H groups in total. The molecule has 1 unspecified atom stereocenters. The molecule has 1 atom stereocenters. The van der Waals surface area contributed by atoms with Gasteiger partial charge in [0, 0.05) is 24.5 Å². The van der Waals surface area contributed by atoms with Crippen molar-refractivity contribution in [3.05, 3.63) is 11.1 Å². The van der Waals surface area contributed by atoms with Crippen LogP contribution in [0.25, 0.3) is 0 Å². The molecule has 0 aliphatic carbocycles. The Kier molecular flexibility index (Phi) is 3.70. The highest BCUT2D eigenvalue weighted by Gasteiger charge is 2.29. The van der Waals surface area contributed by atoms with Crippen molar-refractivity contribution >= 4 is 26.3 Å². The van der Waals surface area contributed by atoms with Crippen LogP contribution in [0.2, 0.25) is 0 Å². The van der Waals surface area contributed by atoms with Gasteiger partial charge in [-0.15, -0.1) is 11.3 Å². The van der Waals surface area contributed by atoms with Gasteiger partial charge >= 0.3 is 0 Å². The molecule has 0 aromatic carbocycles. The van der Waals surface area contributed by atoms with Gasteiger partial charge in [0.1, 0.15) is 0 Å². The van der Waals surface area contributed by atoms with Gasteiger partial charge in [0.15, 0.2) is 15.0 Å². The van der Waals surface area contributed by atoms with Gasteiger partial charge in [0.05, 0.1) is 17.2 Å². The molecule has 0 amide bonds. The molecule has 1 saturated heterocycles. The lowest BCUT2D eigenvalue weighted by molar-refractivity contribution is 0.568. The molecule has 1 aliphatic rings. The smallest absolute Gasteiger partial charge is 0.185 e. The minimum absolute atomic E-state index is 0.0161. The van der Waals surface area contributed by atoms with Gasteiger partial charge < -0.3 is 10.2 Å². The molecule has 0 saturated carbocycles. The van der Waals surface area contributed by atoms with Crippen LogP contribution in [-0.2, 0) is 16.4 Å². The van der Waals surface area contributed by atoms with Crippen LogP contribution >= 0.6 is 11.3 Å². The molecule has 1 aromatic rings. The fourth-order valence-electron chi connectivity index (χ4n) is 1.97. The van der Waals surface area contributed by atoms with Crippen molar-refractivity contribution in [3.63, 3.8) is 0 Å². The lowest BCUT2D eigenvalue weighted by Gasteiger charge is -2.32. The first-order valence-corrected chi connectivity index (χ1v) is 8.28. The fraction of sp³-hybridized carbons (Fsp3) is 0.700. The maximum absolute atomic E-state index is 11.5. The molecule has 7 heteroatoms. The summed E-state index contributed by atoms with van der Waals surface area (Å²) in [6.07, 6.45) is 0. The van der Waals surface area contributed by atoms with E-state index in [2.05, 4.69) is 15.2 Å². The van der Waals surface area contributed by atoms with Gasteiger partial charge in [-0.3, -0.25) is 0 Å². The fourth-order valence-corrected chi connectivity index (χ4v) is 4.48. The summed E-state index contributed by atoms with van der Waals surface area (Å²) in [5.41, 5.74) is 1.01. The van der Waals surface area contributed by atoms with Gasteiger partial charge in [-0.25, -0.2) is 13.4 Å². The second-order valence-corrected chi connectivity index (χ2v) is 7.37. The highest BCUT2D eigenvalue weighted by molar-refractivity contribution is 7.91. The summed E-state index contributed by atoms with van der Waals surface area (Å²) in [7, 11) is -0.969. The molecule has 1 fully saturated rings. The lowest BCUT2D eigenvalue weighted by Crippen LogP contribution is -2.47. The van der Waals surface area contributed by atoms with E-state index < -0.39 is 9.84 Å². The number of aromatic nitrogens is 1. The zero-order valence-electron chi connectivity index (χ0n) is 10.0. The van der Waals surface area contributed by atoms with Gasteiger partial charge in [-0.05, 0) is 14.0 Å². The third-order valence-electron chi connectivity index (χ3n) is 2.81. The first-order valence-electron chi connectivity index (χ1n) is 5.58. The number of nitrogens with zero attached hydrogens (tertiary/aromatic N) is 2. The van der Waals surface area contributed by atoms with Gasteiger partial charge in [0.25, 0.3) is 0 Å². The Labute approximate surface area is 106 Å². The van der Waals surface area contributed by atoms with Crippen LogP contribution in [0.3, 0.4) is 0 Å². The van der Waals surface area contributed by atoms with Crippen LogP contribution < -0.4 is 10.2 Å². The van der Waals surface area contributed by atoms with Crippen LogP contribution in [0.15, 0.2) is 5.38 Å². The number of hydrogen-bond acceptors (Lipinski definition) is 6. The summed E-state index contributed by atoms with van der Waals surface area (Å²) >= 11 is 1.58. The Hall–Kier alpha value is -0.660. The molecular formula is C10H17N3O2S2. The lowest BCUT2D eigenvalue weighted by atomic mass is 10.3. The Morgan fingerprint density at radius 1 is 1.65 bits per heavy atom. The topological polar surface area (TPSA) is 62.3 Å². The van der Waals surface area contributed by atoms with Crippen molar-refractivity contribution in [2.75, 3.05) is 30.0 Å². The van der Waals surface area contributed by atoms with E-state index in [0.717, 1.165) is 17.4 Å². The average molecular weight is 275 g/mol. The number of nitrogens with one attached hydrogen (secondary N) is 1. The molecular weight excluding hydrogens is 258 g/mol. The second kappa shape index (κ2) is 4.91. The van der Waals surface area contributed by atoms with Gasteiger partial charge in [-0.2, -0.15) is 0 Å². The molecule has 1 aliphatic heterocycles. The summed E-state index contributed by atoms with van der Waals surface area (Å²) < 4.78 is 23.0. The quantitative estimate of drug-likeness (QED) is 0.869. The first kappa shape index (κ1) is 12.8. The largest absolute Gasteiger partial charge is 0.343 e. The maximum atomic E-state index is 11.5. The van der Waals surface area contributed by atoms with Crippen molar-refractivity contribution in [1.29, 1.82) is 0 Å². The standard InChI is InChI=1S/C10H17N3O2S2/c1-8-7-17(14,15)4-3-13(8)10-12-9(5-11-2)6-16-10/h6,8,11H,3-5,7H2,1-2H3. The predicted octanol–water partition coefficient (Wildman–Crippen LogP) is 0.486. The molecule has 1 aromatic heterocycles. The SMILES string of the molecule is CNCc1csc(N2CCS(=O)(=O)CC2C)n1. The Morgan fingerprint density at radius 3 is 3.06 bits per heavy atom. The van der Waals surface area contributed by atoms with E-state index in [0.29, 0.717) is 6.54 Å². The molecule has 17 heavy (non-hydrogen) atoms. The number of rotatable bonds is 3. The van der Waals surface area contributed by atoms with E-state index in [9.17, 15) is 8.42 Å². The molecule has 2 heterocycles. The highest BCUT2D eigenvalue weighted by Crippen LogP contribution is 2.25. The Balaban J connectivity index is 2.12. The van der Waals surface area contributed by atoms with E-state index in [4.69, 9.17) is 0 Å². The summed E-state index contributed by atoms with van der Waals surface area (Å²) in [4.78, 5) is 6.60. The summed E-state index contributed by atoms with van der Waals surface area (Å²) in [5, 5.41) is 6.00. The molecule has 0 radical (unpaired) electrons. The van der Waals surface area contributed by atoms with Crippen LogP contribution in [0, 0.1) is 0 Å². The predicted molar refractivity (Wildman–Crippen MR) is 70.3 cm³/mol. The number of hydrogen-bond donors (Lipinski definition) is 1. The normalized spacial score (nSPS) is 23.9. The molecule has 5 nitrogen and oxygen atoms in total. The number of sulfone groups is 1. The van der Waals surface area contributed by atoms with E-state index >= 15 is 0 Å². The summed E-state index contributed by atoms with van der Waals surface area (Å²) in [5.74, 6) is 0.465. The molecule has 0 spiro atoms. The second-order valence-electron chi connectivity index (χ2n) is 4.31. The van der Waals surface area contributed by atoms with Crippen molar-refractivity contribution in [2.24, 2.45) is 0 Å². The Morgan fingerprint density at radius 2 is 2.41 bits per heavy atom. The van der Waals surface area contributed by atoms with Crippen LogP contribution in [-0.4, -0.2) is 44.5 Å². The number of anilines is 1. The summed E-state index contributed by atoms with van der Waals surface area (Å²) in [6.45, 7) is 3.24. The van der Waals surface area contributed by atoms with Crippen molar-refractivity contribution in [3.8, 4) is 0 Å². The van der Waals surface area contributed by atoms with Crippen molar-refractivity contribution in [2.45, 2.75) is 19.5 Å². The van der Waals surface area contributed by atoms with E-state index in [1.54, 1.807) is 11.3 Å². The zero-order chi connectivity index (χ0) is 12.5. The van der Waals surface area contributed by atoms with Crippen LogP contribution in [0.1, 0.15) is 12.6 Å². The van der Waals surface area contributed by atoms with Gasteiger partial charge in [-0.1, -0.05) is 0 Å².